The topological polar surface area (TPSA) is 72.9 Å². The Morgan fingerprint density at radius 1 is 0.875 bits per heavy atom. The third-order valence-electron chi connectivity index (χ3n) is 5.96. The number of nitrogens with zero attached hydrogens (tertiary/aromatic N) is 1. The number of ether oxygens (including phenoxy) is 2. The van der Waals surface area contributed by atoms with Crippen LogP contribution >= 0.6 is 0 Å². The van der Waals surface area contributed by atoms with E-state index in [2.05, 4.69) is 0 Å². The van der Waals surface area contributed by atoms with Gasteiger partial charge in [-0.3, -0.25) is 9.59 Å². The summed E-state index contributed by atoms with van der Waals surface area (Å²) in [5.74, 6) is -0.101. The predicted molar refractivity (Wildman–Crippen MR) is 121 cm³/mol. The zero-order valence-corrected chi connectivity index (χ0v) is 18.6. The zero-order valence-electron chi connectivity index (χ0n) is 18.6. The van der Waals surface area contributed by atoms with Crippen molar-refractivity contribution in [1.82, 2.24) is 4.90 Å². The standard InChI is InChI=1S/C26H31NO5/c1-2-31-24(28)14-13-20-15-17-27(25(29)21-9-5-3-6-10-21)19-23(20)16-18-32-26(30)22-11-7-4-8-12-22/h3-12,20,23H,2,13-19H2,1H3. The van der Waals surface area contributed by atoms with Crippen LogP contribution in [0.2, 0.25) is 0 Å². The average molecular weight is 438 g/mol. The van der Waals surface area contributed by atoms with E-state index in [9.17, 15) is 14.4 Å². The molecule has 170 valence electrons. The summed E-state index contributed by atoms with van der Waals surface area (Å²) in [6.45, 7) is 3.70. The second-order valence-electron chi connectivity index (χ2n) is 8.06. The number of hydrogen-bond donors (Lipinski definition) is 0. The molecule has 0 saturated carbocycles. The van der Waals surface area contributed by atoms with Crippen molar-refractivity contribution in [3.05, 3.63) is 71.8 Å². The van der Waals surface area contributed by atoms with Gasteiger partial charge in [0.15, 0.2) is 0 Å². The van der Waals surface area contributed by atoms with Crippen LogP contribution in [0, 0.1) is 11.8 Å². The van der Waals surface area contributed by atoms with Crippen molar-refractivity contribution in [2.75, 3.05) is 26.3 Å². The van der Waals surface area contributed by atoms with Crippen molar-refractivity contribution in [2.45, 2.75) is 32.6 Å². The van der Waals surface area contributed by atoms with Crippen molar-refractivity contribution in [1.29, 1.82) is 0 Å². The minimum atomic E-state index is -0.346. The van der Waals surface area contributed by atoms with Crippen molar-refractivity contribution in [3.63, 3.8) is 0 Å². The van der Waals surface area contributed by atoms with Crippen LogP contribution in [-0.4, -0.2) is 49.0 Å². The number of benzene rings is 2. The SMILES string of the molecule is CCOC(=O)CCC1CCN(C(=O)c2ccccc2)CC1CCOC(=O)c1ccccc1. The Balaban J connectivity index is 1.60. The summed E-state index contributed by atoms with van der Waals surface area (Å²) >= 11 is 0. The first-order chi connectivity index (χ1) is 15.6. The Bertz CT molecular complexity index is 884. The lowest BCUT2D eigenvalue weighted by Gasteiger charge is -2.38. The number of piperidine rings is 1. The van der Waals surface area contributed by atoms with Gasteiger partial charge in [0.1, 0.15) is 0 Å². The van der Waals surface area contributed by atoms with Gasteiger partial charge in [-0.15, -0.1) is 0 Å². The monoisotopic (exact) mass is 437 g/mol. The summed E-state index contributed by atoms with van der Waals surface area (Å²) < 4.78 is 10.6. The third-order valence-corrected chi connectivity index (χ3v) is 5.96. The molecule has 1 aliphatic rings. The third kappa shape index (κ3) is 6.67. The largest absolute Gasteiger partial charge is 0.466 e. The number of carbonyl (C=O) groups is 3. The first kappa shape index (κ1) is 23.5. The molecule has 2 aromatic carbocycles. The molecule has 6 nitrogen and oxygen atoms in total. The van der Waals surface area contributed by atoms with Gasteiger partial charge >= 0.3 is 11.9 Å². The number of amides is 1. The molecule has 2 aromatic rings. The highest BCUT2D eigenvalue weighted by Gasteiger charge is 2.32. The molecule has 6 heteroatoms. The molecule has 0 bridgehead atoms. The van der Waals surface area contributed by atoms with E-state index in [0.717, 1.165) is 6.42 Å². The van der Waals surface area contributed by atoms with E-state index in [-0.39, 0.29) is 36.3 Å². The van der Waals surface area contributed by atoms with Crippen molar-refractivity contribution >= 4 is 17.8 Å². The highest BCUT2D eigenvalue weighted by molar-refractivity contribution is 5.94. The van der Waals surface area contributed by atoms with Crippen LogP contribution < -0.4 is 0 Å². The molecular formula is C26H31NO5. The predicted octanol–water partition coefficient (Wildman–Crippen LogP) is 4.36. The fourth-order valence-corrected chi connectivity index (χ4v) is 4.23. The number of esters is 2. The maximum absolute atomic E-state index is 12.9. The Morgan fingerprint density at radius 3 is 2.19 bits per heavy atom. The summed E-state index contributed by atoms with van der Waals surface area (Å²) in [7, 11) is 0. The van der Waals surface area contributed by atoms with E-state index in [1.165, 1.54) is 0 Å². The normalized spacial score (nSPS) is 18.1. The molecule has 2 atom stereocenters. The molecule has 0 aliphatic carbocycles. The van der Waals surface area contributed by atoms with Crippen LogP contribution in [0.4, 0.5) is 0 Å². The number of hydrogen-bond acceptors (Lipinski definition) is 5. The van der Waals surface area contributed by atoms with Gasteiger partial charge in [-0.1, -0.05) is 36.4 Å². The first-order valence-electron chi connectivity index (χ1n) is 11.3. The molecule has 1 fully saturated rings. The highest BCUT2D eigenvalue weighted by Crippen LogP contribution is 2.31. The zero-order chi connectivity index (χ0) is 22.8. The van der Waals surface area contributed by atoms with E-state index < -0.39 is 0 Å². The Hall–Kier alpha value is -3.15. The molecule has 0 N–H and O–H groups in total. The molecule has 1 saturated heterocycles. The van der Waals surface area contributed by atoms with Crippen LogP contribution in [0.1, 0.15) is 53.3 Å². The van der Waals surface area contributed by atoms with E-state index in [4.69, 9.17) is 9.47 Å². The van der Waals surface area contributed by atoms with E-state index in [0.29, 0.717) is 50.1 Å². The summed E-state index contributed by atoms with van der Waals surface area (Å²) in [4.78, 5) is 38.9. The van der Waals surface area contributed by atoms with Crippen LogP contribution in [-0.2, 0) is 14.3 Å². The molecule has 3 rings (SSSR count). The van der Waals surface area contributed by atoms with Gasteiger partial charge in [-0.2, -0.15) is 0 Å². The van der Waals surface area contributed by atoms with Gasteiger partial charge in [0.25, 0.3) is 5.91 Å². The highest BCUT2D eigenvalue weighted by atomic mass is 16.5. The van der Waals surface area contributed by atoms with Crippen LogP contribution in [0.25, 0.3) is 0 Å². The number of likely N-dealkylation sites (tertiary alicyclic amines) is 1. The van der Waals surface area contributed by atoms with Gasteiger partial charge in [0.2, 0.25) is 0 Å². The summed E-state index contributed by atoms with van der Waals surface area (Å²) in [6, 6.07) is 18.2. The molecule has 1 amide bonds. The van der Waals surface area contributed by atoms with E-state index in [1.54, 1.807) is 31.2 Å². The van der Waals surface area contributed by atoms with Crippen molar-refractivity contribution in [3.8, 4) is 0 Å². The fraction of sp³-hybridized carbons (Fsp3) is 0.423. The van der Waals surface area contributed by atoms with Crippen LogP contribution in [0.5, 0.6) is 0 Å². The Labute approximate surface area is 189 Å². The Kier molecular flexibility index (Phi) is 8.84. The quantitative estimate of drug-likeness (QED) is 0.545. The first-order valence-corrected chi connectivity index (χ1v) is 11.3. The minimum Gasteiger partial charge on any atom is -0.466 e. The molecule has 0 radical (unpaired) electrons. The molecule has 32 heavy (non-hydrogen) atoms. The lowest BCUT2D eigenvalue weighted by Crippen LogP contribution is -2.44. The summed E-state index contributed by atoms with van der Waals surface area (Å²) in [5.41, 5.74) is 1.20. The van der Waals surface area contributed by atoms with E-state index in [1.807, 2.05) is 41.3 Å². The maximum atomic E-state index is 12.9. The maximum Gasteiger partial charge on any atom is 0.338 e. The molecule has 2 unspecified atom stereocenters. The second-order valence-corrected chi connectivity index (χ2v) is 8.06. The molecule has 1 aliphatic heterocycles. The average Bonchev–Trinajstić information content (AvgIpc) is 2.84. The van der Waals surface area contributed by atoms with Gasteiger partial charge in [0, 0.05) is 25.1 Å². The van der Waals surface area contributed by atoms with Gasteiger partial charge in [-0.05, 0) is 62.3 Å². The number of rotatable bonds is 9. The Morgan fingerprint density at radius 2 is 1.53 bits per heavy atom. The number of carbonyl (C=O) groups excluding carboxylic acids is 3. The minimum absolute atomic E-state index is 0.0146. The lowest BCUT2D eigenvalue weighted by atomic mass is 9.80. The van der Waals surface area contributed by atoms with Crippen LogP contribution in [0.15, 0.2) is 60.7 Å². The lowest BCUT2D eigenvalue weighted by molar-refractivity contribution is -0.143. The van der Waals surface area contributed by atoms with Gasteiger partial charge < -0.3 is 14.4 Å². The van der Waals surface area contributed by atoms with E-state index >= 15 is 0 Å². The van der Waals surface area contributed by atoms with Crippen molar-refractivity contribution in [2.24, 2.45) is 11.8 Å². The summed E-state index contributed by atoms with van der Waals surface area (Å²) in [6.07, 6.45) is 2.54. The van der Waals surface area contributed by atoms with Gasteiger partial charge in [-0.25, -0.2) is 4.79 Å². The molecular weight excluding hydrogens is 406 g/mol. The smallest absolute Gasteiger partial charge is 0.338 e. The fourth-order valence-electron chi connectivity index (χ4n) is 4.23. The molecule has 1 heterocycles. The molecule has 0 aromatic heterocycles. The molecule has 0 spiro atoms. The van der Waals surface area contributed by atoms with Gasteiger partial charge in [0.05, 0.1) is 18.8 Å². The van der Waals surface area contributed by atoms with Crippen molar-refractivity contribution < 1.29 is 23.9 Å². The summed E-state index contributed by atoms with van der Waals surface area (Å²) in [5, 5.41) is 0. The second kappa shape index (κ2) is 12.0. The van der Waals surface area contributed by atoms with Crippen LogP contribution in [0.3, 0.4) is 0 Å².